The molecule has 0 fully saturated rings. The van der Waals surface area contributed by atoms with E-state index >= 15 is 0 Å². The Kier molecular flexibility index (Phi) is 4.52. The van der Waals surface area contributed by atoms with E-state index in [9.17, 15) is 9.59 Å². The number of aromatic nitrogens is 2. The van der Waals surface area contributed by atoms with Gasteiger partial charge in [0.05, 0.1) is 13.4 Å². The van der Waals surface area contributed by atoms with E-state index in [2.05, 4.69) is 20.6 Å². The molecule has 19 heavy (non-hydrogen) atoms. The highest BCUT2D eigenvalue weighted by Crippen LogP contribution is 2.15. The summed E-state index contributed by atoms with van der Waals surface area (Å²) >= 11 is 0. The summed E-state index contributed by atoms with van der Waals surface area (Å²) in [4.78, 5) is 29.8. The minimum atomic E-state index is -0.539. The number of ether oxygens (including phenoxy) is 1. The van der Waals surface area contributed by atoms with Crippen LogP contribution in [0.2, 0.25) is 0 Å². The van der Waals surface area contributed by atoms with Crippen molar-refractivity contribution in [3.63, 3.8) is 0 Å². The number of hydrogen-bond acceptors (Lipinski definition) is 5. The zero-order valence-electron chi connectivity index (χ0n) is 11.8. The first-order valence-electron chi connectivity index (χ1n) is 5.95. The van der Waals surface area contributed by atoms with E-state index < -0.39 is 11.6 Å². The summed E-state index contributed by atoms with van der Waals surface area (Å²) < 4.78 is 4.96. The lowest BCUT2D eigenvalue weighted by Crippen LogP contribution is -2.47. The first-order chi connectivity index (χ1) is 8.74. The number of nitrogens with one attached hydrogen (secondary N) is 3. The third-order valence-corrected chi connectivity index (χ3v) is 2.26. The van der Waals surface area contributed by atoms with Crippen LogP contribution >= 0.6 is 0 Å². The number of H-pyrrole nitrogens is 1. The molecule has 1 aromatic heterocycles. The van der Waals surface area contributed by atoms with E-state index in [1.54, 1.807) is 6.92 Å². The van der Waals surface area contributed by atoms with Crippen LogP contribution < -0.4 is 20.9 Å². The summed E-state index contributed by atoms with van der Waals surface area (Å²) in [5.74, 6) is 0.109. The molecule has 1 amide bonds. The highest BCUT2D eigenvalue weighted by molar-refractivity contribution is 5.84. The molecule has 7 nitrogen and oxygen atoms in total. The van der Waals surface area contributed by atoms with Gasteiger partial charge in [0.25, 0.3) is 5.56 Å². The fourth-order valence-corrected chi connectivity index (χ4v) is 1.43. The fraction of sp³-hybridized carbons (Fsp3) is 0.583. The molecule has 3 N–H and O–H groups in total. The predicted molar refractivity (Wildman–Crippen MR) is 72.4 cm³/mol. The van der Waals surface area contributed by atoms with Crippen molar-refractivity contribution < 1.29 is 9.53 Å². The number of aromatic amines is 1. The largest absolute Gasteiger partial charge is 0.489 e. The van der Waals surface area contributed by atoms with E-state index in [0.717, 1.165) is 0 Å². The maximum absolute atomic E-state index is 11.9. The van der Waals surface area contributed by atoms with Gasteiger partial charge in [-0.15, -0.1) is 0 Å². The molecule has 0 saturated carbocycles. The number of carbonyl (C=O) groups is 1. The van der Waals surface area contributed by atoms with E-state index in [4.69, 9.17) is 4.74 Å². The Morgan fingerprint density at radius 1 is 1.47 bits per heavy atom. The van der Waals surface area contributed by atoms with Gasteiger partial charge >= 0.3 is 0 Å². The summed E-state index contributed by atoms with van der Waals surface area (Å²) in [6.45, 7) is 7.36. The lowest BCUT2D eigenvalue weighted by Gasteiger charge is -2.24. The molecule has 106 valence electrons. The van der Waals surface area contributed by atoms with Crippen LogP contribution in [0.5, 0.6) is 5.75 Å². The van der Waals surface area contributed by atoms with E-state index in [1.165, 1.54) is 13.4 Å². The van der Waals surface area contributed by atoms with Crippen molar-refractivity contribution in [3.8, 4) is 5.75 Å². The van der Waals surface area contributed by atoms with Crippen molar-refractivity contribution in [3.05, 3.63) is 16.7 Å². The Morgan fingerprint density at radius 2 is 2.11 bits per heavy atom. The van der Waals surface area contributed by atoms with Crippen LogP contribution in [0.4, 0.5) is 5.82 Å². The smallest absolute Gasteiger partial charge is 0.295 e. The Bertz CT molecular complexity index is 504. The van der Waals surface area contributed by atoms with Gasteiger partial charge in [0, 0.05) is 5.54 Å². The predicted octanol–water partition coefficient (Wildman–Crippen LogP) is 0.494. The van der Waals surface area contributed by atoms with Crippen LogP contribution in [-0.2, 0) is 4.79 Å². The number of nitrogens with zero attached hydrogens (tertiary/aromatic N) is 1. The molecule has 0 radical (unpaired) electrons. The van der Waals surface area contributed by atoms with Crippen LogP contribution in [0, 0.1) is 0 Å². The monoisotopic (exact) mass is 268 g/mol. The van der Waals surface area contributed by atoms with Crippen molar-refractivity contribution in [1.82, 2.24) is 15.3 Å². The topological polar surface area (TPSA) is 96.1 Å². The summed E-state index contributed by atoms with van der Waals surface area (Å²) in [6.07, 6.45) is 1.25. The molecule has 0 aliphatic rings. The second-order valence-corrected chi connectivity index (χ2v) is 5.22. The first-order valence-corrected chi connectivity index (χ1v) is 5.95. The Hall–Kier alpha value is -2.05. The van der Waals surface area contributed by atoms with Crippen molar-refractivity contribution in [1.29, 1.82) is 0 Å². The van der Waals surface area contributed by atoms with Crippen LogP contribution in [0.3, 0.4) is 0 Å². The zero-order valence-corrected chi connectivity index (χ0v) is 11.8. The third-order valence-electron chi connectivity index (χ3n) is 2.26. The highest BCUT2D eigenvalue weighted by atomic mass is 16.5. The minimum absolute atomic E-state index is 0.0536. The van der Waals surface area contributed by atoms with Gasteiger partial charge in [0.2, 0.25) is 11.7 Å². The molecule has 1 rings (SSSR count). The Morgan fingerprint density at radius 3 is 2.63 bits per heavy atom. The van der Waals surface area contributed by atoms with Gasteiger partial charge < -0.3 is 20.4 Å². The molecule has 0 saturated heterocycles. The van der Waals surface area contributed by atoms with Gasteiger partial charge in [-0.1, -0.05) is 0 Å². The van der Waals surface area contributed by atoms with Crippen molar-refractivity contribution in [2.24, 2.45) is 0 Å². The zero-order chi connectivity index (χ0) is 14.6. The molecule has 0 aromatic carbocycles. The van der Waals surface area contributed by atoms with Crippen molar-refractivity contribution in [2.45, 2.75) is 39.3 Å². The number of methoxy groups -OCH3 is 1. The average Bonchev–Trinajstić information content (AvgIpc) is 2.27. The van der Waals surface area contributed by atoms with Gasteiger partial charge in [-0.2, -0.15) is 0 Å². The molecule has 1 unspecified atom stereocenters. The van der Waals surface area contributed by atoms with Crippen LogP contribution in [0.1, 0.15) is 27.7 Å². The van der Waals surface area contributed by atoms with Crippen molar-refractivity contribution in [2.75, 3.05) is 12.4 Å². The van der Waals surface area contributed by atoms with E-state index in [1.807, 2.05) is 20.8 Å². The molecule has 1 atom stereocenters. The second-order valence-electron chi connectivity index (χ2n) is 5.22. The SMILES string of the molecule is COc1c(NC(C)C(=O)NC(C)(C)C)nc[nH]c1=O. The molecular formula is C12H20N4O3. The maximum atomic E-state index is 11.9. The molecule has 0 aliphatic carbocycles. The van der Waals surface area contributed by atoms with E-state index in [-0.39, 0.29) is 23.0 Å². The van der Waals surface area contributed by atoms with Crippen LogP contribution in [0.25, 0.3) is 0 Å². The number of amides is 1. The highest BCUT2D eigenvalue weighted by Gasteiger charge is 2.21. The van der Waals surface area contributed by atoms with Gasteiger partial charge in [-0.25, -0.2) is 4.98 Å². The summed E-state index contributed by atoms with van der Waals surface area (Å²) in [5.41, 5.74) is -0.720. The van der Waals surface area contributed by atoms with Crippen molar-refractivity contribution >= 4 is 11.7 Å². The third kappa shape index (κ3) is 4.27. The quantitative estimate of drug-likeness (QED) is 0.738. The molecule has 1 heterocycles. The molecule has 0 spiro atoms. The lowest BCUT2D eigenvalue weighted by molar-refractivity contribution is -0.122. The molecule has 0 aliphatic heterocycles. The number of hydrogen-bond donors (Lipinski definition) is 3. The second kappa shape index (κ2) is 5.73. The normalized spacial score (nSPS) is 12.7. The molecule has 1 aromatic rings. The molecular weight excluding hydrogens is 248 g/mol. The number of anilines is 1. The fourth-order valence-electron chi connectivity index (χ4n) is 1.43. The van der Waals surface area contributed by atoms with Gasteiger partial charge in [-0.3, -0.25) is 9.59 Å². The average molecular weight is 268 g/mol. The summed E-state index contributed by atoms with van der Waals surface area (Å²) in [5, 5.41) is 5.69. The minimum Gasteiger partial charge on any atom is -0.489 e. The molecule has 0 bridgehead atoms. The summed E-state index contributed by atoms with van der Waals surface area (Å²) in [6, 6.07) is -0.539. The van der Waals surface area contributed by atoms with Crippen LogP contribution in [-0.4, -0.2) is 34.6 Å². The van der Waals surface area contributed by atoms with Crippen LogP contribution in [0.15, 0.2) is 11.1 Å². The lowest BCUT2D eigenvalue weighted by atomic mass is 10.1. The molecule has 7 heteroatoms. The Labute approximate surface area is 111 Å². The first kappa shape index (κ1) is 15.0. The maximum Gasteiger partial charge on any atom is 0.295 e. The number of carbonyl (C=O) groups excluding carboxylic acids is 1. The number of rotatable bonds is 4. The van der Waals surface area contributed by atoms with E-state index in [0.29, 0.717) is 0 Å². The van der Waals surface area contributed by atoms with Gasteiger partial charge in [0.1, 0.15) is 6.04 Å². The Balaban J connectivity index is 2.83. The van der Waals surface area contributed by atoms with Gasteiger partial charge in [-0.05, 0) is 27.7 Å². The summed E-state index contributed by atoms with van der Waals surface area (Å²) in [7, 11) is 1.37. The standard InChI is InChI=1S/C12H20N4O3/c1-7(10(17)16-12(2,3)4)15-9-8(19-5)11(18)14-6-13-9/h6-7H,1-5H3,(H,16,17)(H2,13,14,15,18). The van der Waals surface area contributed by atoms with Gasteiger partial charge in [0.15, 0.2) is 5.82 Å².